The summed E-state index contributed by atoms with van der Waals surface area (Å²) >= 11 is 5.15. The van der Waals surface area contributed by atoms with Gasteiger partial charge >= 0.3 is 0 Å². The summed E-state index contributed by atoms with van der Waals surface area (Å²) in [7, 11) is 0. The minimum atomic E-state index is 0.827. The monoisotopic (exact) mass is 271 g/mol. The molecule has 0 aliphatic carbocycles. The third-order valence-corrected chi connectivity index (χ3v) is 3.38. The zero-order valence-electron chi connectivity index (χ0n) is 7.46. The van der Waals surface area contributed by atoms with E-state index in [1.807, 2.05) is 6.07 Å². The largest absolute Gasteiger partial charge is 0.307 e. The van der Waals surface area contributed by atoms with Crippen molar-refractivity contribution in [2.45, 2.75) is 13.1 Å². The highest BCUT2D eigenvalue weighted by Crippen LogP contribution is 2.20. The molecule has 0 aliphatic heterocycles. The van der Waals surface area contributed by atoms with Crippen molar-refractivity contribution in [3.8, 4) is 0 Å². The van der Waals surface area contributed by atoms with Gasteiger partial charge in [-0.2, -0.15) is 5.10 Å². The zero-order chi connectivity index (χ0) is 9.80. The highest BCUT2D eigenvalue weighted by atomic mass is 79.9. The lowest BCUT2D eigenvalue weighted by Gasteiger charge is -1.99. The lowest BCUT2D eigenvalue weighted by atomic mass is 10.3. The maximum Gasteiger partial charge on any atom is 0.0701 e. The molecule has 2 heterocycles. The van der Waals surface area contributed by atoms with Crippen LogP contribution < -0.4 is 5.32 Å². The first-order valence-electron chi connectivity index (χ1n) is 4.26. The molecule has 0 aliphatic rings. The van der Waals surface area contributed by atoms with Crippen LogP contribution in [0.15, 0.2) is 27.5 Å². The number of aromatic nitrogens is 2. The van der Waals surface area contributed by atoms with Crippen LogP contribution >= 0.6 is 27.3 Å². The number of rotatable bonds is 4. The number of hydrogen-bond acceptors (Lipinski definition) is 3. The Labute approximate surface area is 94.7 Å². The van der Waals surface area contributed by atoms with Gasteiger partial charge in [-0.1, -0.05) is 0 Å². The minimum absolute atomic E-state index is 0.827. The Bertz CT molecular complexity index is 382. The number of aromatic amines is 1. The Kier molecular flexibility index (Phi) is 3.34. The number of thiophene rings is 1. The smallest absolute Gasteiger partial charge is 0.0701 e. The van der Waals surface area contributed by atoms with E-state index in [1.54, 1.807) is 17.5 Å². The summed E-state index contributed by atoms with van der Waals surface area (Å²) in [4.78, 5) is 0. The molecule has 0 unspecified atom stereocenters. The molecule has 0 atom stereocenters. The van der Waals surface area contributed by atoms with Gasteiger partial charge in [0.2, 0.25) is 0 Å². The standard InChI is InChI=1S/C9H10BrN3S/c10-9-3-7(6-14-9)4-11-5-8-1-2-12-13-8/h1-3,6,11H,4-5H2,(H,12,13). The molecule has 3 nitrogen and oxygen atoms in total. The summed E-state index contributed by atoms with van der Waals surface area (Å²) in [6.45, 7) is 1.72. The van der Waals surface area contributed by atoms with Crippen LogP contribution in [-0.2, 0) is 13.1 Å². The van der Waals surface area contributed by atoms with E-state index in [2.05, 4.69) is 42.9 Å². The second-order valence-electron chi connectivity index (χ2n) is 2.94. The number of halogens is 1. The predicted molar refractivity (Wildman–Crippen MR) is 61.2 cm³/mol. The first-order chi connectivity index (χ1) is 6.84. The van der Waals surface area contributed by atoms with E-state index in [1.165, 1.54) is 9.35 Å². The Hall–Kier alpha value is -0.650. The quantitative estimate of drug-likeness (QED) is 0.897. The third-order valence-electron chi connectivity index (χ3n) is 1.82. The van der Waals surface area contributed by atoms with Gasteiger partial charge in [0.25, 0.3) is 0 Å². The number of H-pyrrole nitrogens is 1. The summed E-state index contributed by atoms with van der Waals surface area (Å²) in [5, 5.41) is 12.3. The molecular weight excluding hydrogens is 262 g/mol. The maximum absolute atomic E-state index is 3.88. The van der Waals surface area contributed by atoms with Crippen LogP contribution in [0.25, 0.3) is 0 Å². The number of nitrogens with one attached hydrogen (secondary N) is 2. The lowest BCUT2D eigenvalue weighted by Crippen LogP contribution is -2.12. The average Bonchev–Trinajstić information content (AvgIpc) is 2.77. The van der Waals surface area contributed by atoms with Gasteiger partial charge in [0.1, 0.15) is 0 Å². The van der Waals surface area contributed by atoms with Crippen molar-refractivity contribution in [3.63, 3.8) is 0 Å². The second-order valence-corrected chi connectivity index (χ2v) is 5.23. The van der Waals surface area contributed by atoms with E-state index in [9.17, 15) is 0 Å². The normalized spacial score (nSPS) is 10.6. The predicted octanol–water partition coefficient (Wildman–Crippen LogP) is 2.52. The van der Waals surface area contributed by atoms with Crippen molar-refractivity contribution in [2.24, 2.45) is 0 Å². The fraction of sp³-hybridized carbons (Fsp3) is 0.222. The Morgan fingerprint density at radius 1 is 1.50 bits per heavy atom. The summed E-state index contributed by atoms with van der Waals surface area (Å²) < 4.78 is 1.18. The molecule has 0 amide bonds. The molecule has 0 bridgehead atoms. The average molecular weight is 272 g/mol. The van der Waals surface area contributed by atoms with Crippen molar-refractivity contribution in [1.82, 2.24) is 15.5 Å². The molecule has 2 rings (SSSR count). The summed E-state index contributed by atoms with van der Waals surface area (Å²) in [5.74, 6) is 0. The van der Waals surface area contributed by atoms with Crippen LogP contribution in [0.4, 0.5) is 0 Å². The minimum Gasteiger partial charge on any atom is -0.307 e. The molecule has 5 heteroatoms. The summed E-state index contributed by atoms with van der Waals surface area (Å²) in [6.07, 6.45) is 1.76. The molecule has 74 valence electrons. The topological polar surface area (TPSA) is 40.7 Å². The van der Waals surface area contributed by atoms with Crippen molar-refractivity contribution in [3.05, 3.63) is 38.8 Å². The summed E-state index contributed by atoms with van der Waals surface area (Å²) in [6, 6.07) is 4.10. The lowest BCUT2D eigenvalue weighted by molar-refractivity contribution is 0.678. The third kappa shape index (κ3) is 2.67. The number of nitrogens with zero attached hydrogens (tertiary/aromatic N) is 1. The fourth-order valence-corrected chi connectivity index (χ4v) is 2.37. The molecule has 0 fully saturated rings. The van der Waals surface area contributed by atoms with Gasteiger partial charge < -0.3 is 5.32 Å². The molecule has 0 aromatic carbocycles. The molecule has 2 N–H and O–H groups in total. The molecule has 0 radical (unpaired) electrons. The number of hydrogen-bond donors (Lipinski definition) is 2. The second kappa shape index (κ2) is 4.72. The Balaban J connectivity index is 1.78. The van der Waals surface area contributed by atoms with Crippen molar-refractivity contribution >= 4 is 27.3 Å². The molecule has 14 heavy (non-hydrogen) atoms. The van der Waals surface area contributed by atoms with E-state index in [0.717, 1.165) is 18.8 Å². The van der Waals surface area contributed by atoms with E-state index in [4.69, 9.17) is 0 Å². The van der Waals surface area contributed by atoms with E-state index in [-0.39, 0.29) is 0 Å². The molecule has 0 saturated carbocycles. The van der Waals surface area contributed by atoms with Gasteiger partial charge in [0.05, 0.1) is 3.79 Å². The van der Waals surface area contributed by atoms with Crippen LogP contribution in [0, 0.1) is 0 Å². The van der Waals surface area contributed by atoms with Crippen LogP contribution in [-0.4, -0.2) is 10.2 Å². The van der Waals surface area contributed by atoms with Gasteiger partial charge in [0, 0.05) is 25.0 Å². The van der Waals surface area contributed by atoms with Crippen LogP contribution in [0.5, 0.6) is 0 Å². The maximum atomic E-state index is 3.88. The van der Waals surface area contributed by atoms with Gasteiger partial charge in [0.15, 0.2) is 0 Å². The van der Waals surface area contributed by atoms with Gasteiger partial charge in [-0.05, 0) is 39.0 Å². The van der Waals surface area contributed by atoms with Crippen LogP contribution in [0.2, 0.25) is 0 Å². The highest BCUT2D eigenvalue weighted by Gasteiger charge is 1.97. The van der Waals surface area contributed by atoms with Crippen LogP contribution in [0.1, 0.15) is 11.3 Å². The molecule has 0 saturated heterocycles. The molecule has 0 spiro atoms. The van der Waals surface area contributed by atoms with Crippen molar-refractivity contribution in [1.29, 1.82) is 0 Å². The first-order valence-corrected chi connectivity index (χ1v) is 5.94. The van der Waals surface area contributed by atoms with Crippen molar-refractivity contribution < 1.29 is 0 Å². The van der Waals surface area contributed by atoms with E-state index in [0.29, 0.717) is 0 Å². The Morgan fingerprint density at radius 3 is 3.07 bits per heavy atom. The SMILES string of the molecule is Brc1cc(CNCc2ccn[nH]2)cs1. The molecule has 2 aromatic heterocycles. The van der Waals surface area contributed by atoms with Gasteiger partial charge in [-0.15, -0.1) is 11.3 Å². The van der Waals surface area contributed by atoms with Gasteiger partial charge in [-0.3, -0.25) is 5.10 Å². The van der Waals surface area contributed by atoms with Gasteiger partial charge in [-0.25, -0.2) is 0 Å². The first kappa shape index (κ1) is 9.89. The highest BCUT2D eigenvalue weighted by molar-refractivity contribution is 9.11. The van der Waals surface area contributed by atoms with E-state index >= 15 is 0 Å². The Morgan fingerprint density at radius 2 is 2.43 bits per heavy atom. The fourth-order valence-electron chi connectivity index (χ4n) is 1.16. The molecular formula is C9H10BrN3S. The van der Waals surface area contributed by atoms with Crippen LogP contribution in [0.3, 0.4) is 0 Å². The van der Waals surface area contributed by atoms with E-state index < -0.39 is 0 Å². The summed E-state index contributed by atoms with van der Waals surface area (Å²) in [5.41, 5.74) is 2.42. The zero-order valence-corrected chi connectivity index (χ0v) is 9.86. The van der Waals surface area contributed by atoms with Crippen molar-refractivity contribution in [2.75, 3.05) is 0 Å². The molecule has 2 aromatic rings.